The SMILES string of the molecule is COCCn1nnnc1[C@@H]1CN(Cc2nnc(C(C)C)o2)CCO1. The monoisotopic (exact) mass is 337 g/mol. The second kappa shape index (κ2) is 7.77. The van der Waals surface area contributed by atoms with Gasteiger partial charge in [0.2, 0.25) is 11.8 Å². The van der Waals surface area contributed by atoms with Crippen LogP contribution in [0.25, 0.3) is 0 Å². The predicted molar refractivity (Wildman–Crippen MR) is 82.1 cm³/mol. The topological polar surface area (TPSA) is 104 Å². The van der Waals surface area contributed by atoms with Crippen LogP contribution in [0.2, 0.25) is 0 Å². The van der Waals surface area contributed by atoms with E-state index in [1.54, 1.807) is 11.8 Å². The number of tetrazole rings is 1. The lowest BCUT2D eigenvalue weighted by Gasteiger charge is -2.31. The molecular formula is C14H23N7O3. The van der Waals surface area contributed by atoms with Gasteiger partial charge in [0, 0.05) is 26.1 Å². The summed E-state index contributed by atoms with van der Waals surface area (Å²) < 4.78 is 18.3. The maximum Gasteiger partial charge on any atom is 0.230 e. The summed E-state index contributed by atoms with van der Waals surface area (Å²) in [5.41, 5.74) is 0. The molecule has 24 heavy (non-hydrogen) atoms. The van der Waals surface area contributed by atoms with Gasteiger partial charge in [-0.05, 0) is 10.4 Å². The summed E-state index contributed by atoms with van der Waals surface area (Å²) in [5, 5.41) is 20.0. The van der Waals surface area contributed by atoms with Crippen molar-refractivity contribution in [1.82, 2.24) is 35.3 Å². The summed E-state index contributed by atoms with van der Waals surface area (Å²) in [6, 6.07) is 0. The molecule has 1 aliphatic heterocycles. The van der Waals surface area contributed by atoms with E-state index in [-0.39, 0.29) is 12.0 Å². The molecule has 1 fully saturated rings. The first kappa shape index (κ1) is 16.9. The summed E-state index contributed by atoms with van der Waals surface area (Å²) in [4.78, 5) is 2.21. The number of morpholine rings is 1. The van der Waals surface area contributed by atoms with Gasteiger partial charge in [0.15, 0.2) is 5.82 Å². The predicted octanol–water partition coefficient (Wildman–Crippen LogP) is 0.399. The Balaban J connectivity index is 1.62. The van der Waals surface area contributed by atoms with E-state index in [1.807, 2.05) is 13.8 Å². The molecule has 2 aromatic heterocycles. The molecule has 1 atom stereocenters. The molecular weight excluding hydrogens is 314 g/mol. The van der Waals surface area contributed by atoms with E-state index in [1.165, 1.54) is 0 Å². The van der Waals surface area contributed by atoms with Gasteiger partial charge in [-0.15, -0.1) is 15.3 Å². The van der Waals surface area contributed by atoms with Crippen LogP contribution in [0, 0.1) is 0 Å². The van der Waals surface area contributed by atoms with Crippen molar-refractivity contribution >= 4 is 0 Å². The molecule has 132 valence electrons. The normalized spacial score (nSPS) is 19.2. The largest absolute Gasteiger partial charge is 0.424 e. The van der Waals surface area contributed by atoms with E-state index >= 15 is 0 Å². The third-order valence-electron chi connectivity index (χ3n) is 3.84. The molecule has 10 nitrogen and oxygen atoms in total. The minimum absolute atomic E-state index is 0.182. The first-order chi connectivity index (χ1) is 11.7. The van der Waals surface area contributed by atoms with Crippen LogP contribution in [-0.2, 0) is 22.6 Å². The highest BCUT2D eigenvalue weighted by Crippen LogP contribution is 2.21. The maximum atomic E-state index is 5.84. The number of rotatable bonds is 7. The van der Waals surface area contributed by atoms with Crippen LogP contribution in [0.3, 0.4) is 0 Å². The van der Waals surface area contributed by atoms with Crippen molar-refractivity contribution in [2.75, 3.05) is 33.4 Å². The minimum atomic E-state index is -0.182. The van der Waals surface area contributed by atoms with Crippen LogP contribution in [0.5, 0.6) is 0 Å². The Morgan fingerprint density at radius 2 is 2.17 bits per heavy atom. The van der Waals surface area contributed by atoms with Crippen LogP contribution in [0.4, 0.5) is 0 Å². The Labute approximate surface area is 140 Å². The lowest BCUT2D eigenvalue weighted by atomic mass is 10.2. The van der Waals surface area contributed by atoms with Gasteiger partial charge in [-0.25, -0.2) is 4.68 Å². The van der Waals surface area contributed by atoms with Crippen molar-refractivity contribution in [2.45, 2.75) is 39.0 Å². The van der Waals surface area contributed by atoms with Gasteiger partial charge in [0.25, 0.3) is 0 Å². The summed E-state index contributed by atoms with van der Waals surface area (Å²) in [6.07, 6.45) is -0.182. The summed E-state index contributed by atoms with van der Waals surface area (Å²) in [6.45, 7) is 7.88. The molecule has 1 saturated heterocycles. The molecule has 0 aliphatic carbocycles. The molecule has 0 saturated carbocycles. The Morgan fingerprint density at radius 3 is 2.92 bits per heavy atom. The molecule has 0 amide bonds. The van der Waals surface area contributed by atoms with E-state index in [2.05, 4.69) is 30.6 Å². The molecule has 1 aliphatic rings. The second-order valence-corrected chi connectivity index (χ2v) is 6.04. The fourth-order valence-corrected chi connectivity index (χ4v) is 2.54. The molecule has 3 heterocycles. The summed E-state index contributed by atoms with van der Waals surface area (Å²) in [7, 11) is 1.65. The number of hydrogen-bond acceptors (Lipinski definition) is 9. The Morgan fingerprint density at radius 1 is 1.29 bits per heavy atom. The van der Waals surface area contributed by atoms with Crippen LogP contribution in [-0.4, -0.2) is 68.7 Å². The fourth-order valence-electron chi connectivity index (χ4n) is 2.54. The van der Waals surface area contributed by atoms with Gasteiger partial charge < -0.3 is 13.9 Å². The summed E-state index contributed by atoms with van der Waals surface area (Å²) >= 11 is 0. The Kier molecular flexibility index (Phi) is 5.48. The molecule has 10 heteroatoms. The van der Waals surface area contributed by atoms with Gasteiger partial charge >= 0.3 is 0 Å². The van der Waals surface area contributed by atoms with Crippen LogP contribution >= 0.6 is 0 Å². The fraction of sp³-hybridized carbons (Fsp3) is 0.786. The molecule has 0 N–H and O–H groups in total. The van der Waals surface area contributed by atoms with Crippen LogP contribution in [0.15, 0.2) is 4.42 Å². The number of hydrogen-bond donors (Lipinski definition) is 0. The highest BCUT2D eigenvalue weighted by atomic mass is 16.5. The molecule has 0 unspecified atom stereocenters. The zero-order valence-corrected chi connectivity index (χ0v) is 14.3. The molecule has 3 rings (SSSR count). The molecule has 0 radical (unpaired) electrons. The number of methoxy groups -OCH3 is 1. The first-order valence-corrected chi connectivity index (χ1v) is 8.08. The van der Waals surface area contributed by atoms with E-state index in [0.29, 0.717) is 50.5 Å². The van der Waals surface area contributed by atoms with Crippen LogP contribution < -0.4 is 0 Å². The Hall–Kier alpha value is -1.91. The minimum Gasteiger partial charge on any atom is -0.424 e. The van der Waals surface area contributed by atoms with E-state index < -0.39 is 0 Å². The zero-order valence-electron chi connectivity index (χ0n) is 14.3. The van der Waals surface area contributed by atoms with E-state index in [4.69, 9.17) is 13.9 Å². The third-order valence-corrected chi connectivity index (χ3v) is 3.84. The average molecular weight is 337 g/mol. The summed E-state index contributed by atoms with van der Waals surface area (Å²) in [5.74, 6) is 2.23. The quantitative estimate of drug-likeness (QED) is 0.710. The third kappa shape index (κ3) is 3.94. The smallest absolute Gasteiger partial charge is 0.230 e. The van der Waals surface area contributed by atoms with Crippen molar-refractivity contribution in [3.05, 3.63) is 17.6 Å². The second-order valence-electron chi connectivity index (χ2n) is 6.04. The van der Waals surface area contributed by atoms with Gasteiger partial charge in [-0.2, -0.15) is 0 Å². The lowest BCUT2D eigenvalue weighted by molar-refractivity contribution is -0.0418. The Bertz CT molecular complexity index is 642. The zero-order chi connectivity index (χ0) is 16.9. The number of nitrogens with zero attached hydrogens (tertiary/aromatic N) is 7. The highest BCUT2D eigenvalue weighted by Gasteiger charge is 2.27. The van der Waals surface area contributed by atoms with Crippen molar-refractivity contribution in [1.29, 1.82) is 0 Å². The van der Waals surface area contributed by atoms with E-state index in [9.17, 15) is 0 Å². The maximum absolute atomic E-state index is 5.84. The molecule has 0 aromatic carbocycles. The van der Waals surface area contributed by atoms with Crippen molar-refractivity contribution < 1.29 is 13.9 Å². The number of aromatic nitrogens is 6. The first-order valence-electron chi connectivity index (χ1n) is 8.08. The van der Waals surface area contributed by atoms with Crippen molar-refractivity contribution in [3.8, 4) is 0 Å². The number of ether oxygens (including phenoxy) is 2. The van der Waals surface area contributed by atoms with Gasteiger partial charge in [0.05, 0.1) is 26.3 Å². The van der Waals surface area contributed by atoms with Gasteiger partial charge in [0.1, 0.15) is 6.10 Å². The molecule has 2 aromatic rings. The van der Waals surface area contributed by atoms with Crippen molar-refractivity contribution in [2.24, 2.45) is 0 Å². The van der Waals surface area contributed by atoms with E-state index in [0.717, 1.165) is 6.54 Å². The average Bonchev–Trinajstić information content (AvgIpc) is 3.22. The molecule has 0 bridgehead atoms. The van der Waals surface area contributed by atoms with Gasteiger partial charge in [-0.3, -0.25) is 4.90 Å². The standard InChI is InChI=1S/C14H23N7O3/c1-10(2)14-17-15-12(24-14)9-20-4-7-23-11(8-20)13-16-18-19-21(13)5-6-22-3/h10-11H,4-9H2,1-3H3/t11-/m0/s1. The highest BCUT2D eigenvalue weighted by molar-refractivity contribution is 4.93. The van der Waals surface area contributed by atoms with Crippen molar-refractivity contribution in [3.63, 3.8) is 0 Å². The van der Waals surface area contributed by atoms with Gasteiger partial charge in [-0.1, -0.05) is 13.8 Å². The molecule has 0 spiro atoms. The van der Waals surface area contributed by atoms with Crippen LogP contribution in [0.1, 0.15) is 43.5 Å². The lowest BCUT2D eigenvalue weighted by Crippen LogP contribution is -2.39.